The number of hydrogen-bond donors (Lipinski definition) is 1. The monoisotopic (exact) mass is 312 g/mol. The fourth-order valence-electron chi connectivity index (χ4n) is 1.53. The first kappa shape index (κ1) is 12.1. The molecule has 2 rings (SSSR count). The zero-order chi connectivity index (χ0) is 12.4. The van der Waals surface area contributed by atoms with E-state index in [1.165, 1.54) is 6.07 Å². The molecule has 0 aliphatic carbocycles. The van der Waals surface area contributed by atoms with Gasteiger partial charge in [-0.3, -0.25) is 0 Å². The van der Waals surface area contributed by atoms with Gasteiger partial charge in [0.15, 0.2) is 0 Å². The summed E-state index contributed by atoms with van der Waals surface area (Å²) in [5.74, 6) is -0.283. The van der Waals surface area contributed by atoms with Crippen molar-refractivity contribution in [2.24, 2.45) is 0 Å². The van der Waals surface area contributed by atoms with Crippen LogP contribution in [0.3, 0.4) is 0 Å². The molecule has 0 fully saturated rings. The van der Waals surface area contributed by atoms with E-state index < -0.39 is 5.97 Å². The third kappa shape index (κ3) is 2.35. The highest BCUT2D eigenvalue weighted by atomic mass is 79.9. The molecule has 17 heavy (non-hydrogen) atoms. The Bertz CT molecular complexity index is 563. The van der Waals surface area contributed by atoms with Gasteiger partial charge in [0, 0.05) is 21.0 Å². The van der Waals surface area contributed by atoms with Crippen LogP contribution in [-0.4, -0.2) is 18.2 Å². The Labute approximate surface area is 111 Å². The Hall–Kier alpha value is -1.33. The second-order valence-electron chi connectivity index (χ2n) is 3.35. The van der Waals surface area contributed by atoms with Crippen molar-refractivity contribution in [1.29, 1.82) is 0 Å². The third-order valence-electron chi connectivity index (χ3n) is 2.35. The van der Waals surface area contributed by atoms with Gasteiger partial charge in [-0.2, -0.15) is 11.3 Å². The van der Waals surface area contributed by atoms with Crippen LogP contribution in [0.4, 0.5) is 0 Å². The van der Waals surface area contributed by atoms with Gasteiger partial charge in [0.1, 0.15) is 5.75 Å². The molecule has 2 aromatic rings. The lowest BCUT2D eigenvalue weighted by Crippen LogP contribution is -1.97. The number of benzene rings is 1. The van der Waals surface area contributed by atoms with E-state index in [0.29, 0.717) is 5.75 Å². The van der Waals surface area contributed by atoms with Gasteiger partial charge in [0.25, 0.3) is 0 Å². The van der Waals surface area contributed by atoms with Crippen molar-refractivity contribution in [1.82, 2.24) is 0 Å². The highest BCUT2D eigenvalue weighted by Crippen LogP contribution is 2.37. The van der Waals surface area contributed by atoms with E-state index in [1.54, 1.807) is 30.6 Å². The SMILES string of the molecule is COc1ccc(C(=O)O)cc1-c1cscc1Br. The average molecular weight is 313 g/mol. The summed E-state index contributed by atoms with van der Waals surface area (Å²) in [4.78, 5) is 11.0. The van der Waals surface area contributed by atoms with E-state index in [-0.39, 0.29) is 5.56 Å². The molecule has 0 aliphatic rings. The smallest absolute Gasteiger partial charge is 0.335 e. The van der Waals surface area contributed by atoms with Crippen LogP contribution in [0.2, 0.25) is 0 Å². The maximum Gasteiger partial charge on any atom is 0.335 e. The van der Waals surface area contributed by atoms with Crippen LogP contribution in [0.25, 0.3) is 11.1 Å². The summed E-state index contributed by atoms with van der Waals surface area (Å²) in [6.07, 6.45) is 0. The summed E-state index contributed by atoms with van der Waals surface area (Å²) in [7, 11) is 1.57. The normalized spacial score (nSPS) is 10.2. The van der Waals surface area contributed by atoms with Crippen LogP contribution in [0.5, 0.6) is 5.75 Å². The van der Waals surface area contributed by atoms with E-state index >= 15 is 0 Å². The Balaban J connectivity index is 2.61. The van der Waals surface area contributed by atoms with Crippen molar-refractivity contribution < 1.29 is 14.6 Å². The Morgan fingerprint density at radius 2 is 2.12 bits per heavy atom. The molecule has 0 unspecified atom stereocenters. The number of carboxylic acids is 1. The number of carbonyl (C=O) groups is 1. The molecule has 0 saturated carbocycles. The van der Waals surface area contributed by atoms with Crippen molar-refractivity contribution in [2.45, 2.75) is 0 Å². The molecule has 5 heteroatoms. The van der Waals surface area contributed by atoms with Crippen LogP contribution >= 0.6 is 27.3 Å². The highest BCUT2D eigenvalue weighted by molar-refractivity contribution is 9.10. The zero-order valence-electron chi connectivity index (χ0n) is 8.94. The third-order valence-corrected chi connectivity index (χ3v) is 4.05. The van der Waals surface area contributed by atoms with Gasteiger partial charge in [-0.1, -0.05) is 0 Å². The van der Waals surface area contributed by atoms with Crippen molar-refractivity contribution >= 4 is 33.2 Å². The van der Waals surface area contributed by atoms with Gasteiger partial charge in [0.05, 0.1) is 12.7 Å². The van der Waals surface area contributed by atoms with Crippen molar-refractivity contribution in [3.05, 3.63) is 39.0 Å². The summed E-state index contributed by atoms with van der Waals surface area (Å²) in [5.41, 5.74) is 1.97. The van der Waals surface area contributed by atoms with E-state index in [2.05, 4.69) is 15.9 Å². The van der Waals surface area contributed by atoms with Crippen molar-refractivity contribution in [3.63, 3.8) is 0 Å². The van der Waals surface area contributed by atoms with Gasteiger partial charge in [-0.15, -0.1) is 0 Å². The van der Waals surface area contributed by atoms with Crippen molar-refractivity contribution in [2.75, 3.05) is 7.11 Å². The molecule has 0 aliphatic heterocycles. The predicted octanol–water partition coefficient (Wildman–Crippen LogP) is 3.88. The number of methoxy groups -OCH3 is 1. The number of carboxylic acid groups (broad SMARTS) is 1. The molecule has 1 N–H and O–H groups in total. The van der Waals surface area contributed by atoms with E-state index in [9.17, 15) is 4.79 Å². The molecule has 1 aromatic heterocycles. The van der Waals surface area contributed by atoms with E-state index in [1.807, 2.05) is 10.8 Å². The summed E-state index contributed by atoms with van der Waals surface area (Å²) >= 11 is 4.98. The number of thiophene rings is 1. The molecule has 0 bridgehead atoms. The molecule has 0 radical (unpaired) electrons. The predicted molar refractivity (Wildman–Crippen MR) is 71.0 cm³/mol. The first-order valence-electron chi connectivity index (χ1n) is 4.77. The fourth-order valence-corrected chi connectivity index (χ4v) is 3.03. The van der Waals surface area contributed by atoms with Crippen LogP contribution < -0.4 is 4.74 Å². The van der Waals surface area contributed by atoms with Crippen LogP contribution in [0.15, 0.2) is 33.4 Å². The Morgan fingerprint density at radius 3 is 2.65 bits per heavy atom. The average Bonchev–Trinajstić information content (AvgIpc) is 2.74. The fraction of sp³-hybridized carbons (Fsp3) is 0.0833. The standard InChI is InChI=1S/C12H9BrO3S/c1-16-11-3-2-7(12(14)15)4-8(11)9-5-17-6-10(9)13/h2-6H,1H3,(H,14,15). The summed E-state index contributed by atoms with van der Waals surface area (Å²) in [6.45, 7) is 0. The first-order valence-corrected chi connectivity index (χ1v) is 6.50. The molecule has 88 valence electrons. The number of halogens is 1. The second kappa shape index (κ2) is 4.89. The lowest BCUT2D eigenvalue weighted by molar-refractivity contribution is 0.0697. The van der Waals surface area contributed by atoms with E-state index in [4.69, 9.17) is 9.84 Å². The van der Waals surface area contributed by atoms with Gasteiger partial charge >= 0.3 is 5.97 Å². The first-order chi connectivity index (χ1) is 8.13. The minimum absolute atomic E-state index is 0.249. The molecule has 1 aromatic carbocycles. The molecular formula is C12H9BrO3S. The number of aromatic carboxylic acids is 1. The summed E-state index contributed by atoms with van der Waals surface area (Å²) in [5, 5.41) is 12.9. The molecule has 0 saturated heterocycles. The van der Waals surface area contributed by atoms with Gasteiger partial charge in [-0.05, 0) is 39.5 Å². The minimum atomic E-state index is -0.944. The van der Waals surface area contributed by atoms with Crippen LogP contribution in [0, 0.1) is 0 Å². The molecule has 0 spiro atoms. The number of ether oxygens (including phenoxy) is 1. The van der Waals surface area contributed by atoms with Crippen LogP contribution in [-0.2, 0) is 0 Å². The quantitative estimate of drug-likeness (QED) is 0.935. The number of rotatable bonds is 3. The molecule has 0 amide bonds. The molecule has 3 nitrogen and oxygen atoms in total. The maximum atomic E-state index is 11.0. The second-order valence-corrected chi connectivity index (χ2v) is 4.95. The van der Waals surface area contributed by atoms with E-state index in [0.717, 1.165) is 15.6 Å². The lowest BCUT2D eigenvalue weighted by Gasteiger charge is -2.08. The van der Waals surface area contributed by atoms with Crippen LogP contribution in [0.1, 0.15) is 10.4 Å². The molecule has 0 atom stereocenters. The van der Waals surface area contributed by atoms with Gasteiger partial charge in [-0.25, -0.2) is 4.79 Å². The minimum Gasteiger partial charge on any atom is -0.496 e. The molecule has 1 heterocycles. The summed E-state index contributed by atoms with van der Waals surface area (Å²) in [6, 6.07) is 4.82. The van der Waals surface area contributed by atoms with Gasteiger partial charge in [0.2, 0.25) is 0 Å². The number of hydrogen-bond acceptors (Lipinski definition) is 3. The maximum absolute atomic E-state index is 11.0. The zero-order valence-corrected chi connectivity index (χ0v) is 11.3. The van der Waals surface area contributed by atoms with Gasteiger partial charge < -0.3 is 9.84 Å². The lowest BCUT2D eigenvalue weighted by atomic mass is 10.0. The topological polar surface area (TPSA) is 46.5 Å². The Morgan fingerprint density at radius 1 is 1.35 bits per heavy atom. The molecular weight excluding hydrogens is 304 g/mol. The van der Waals surface area contributed by atoms with Crippen molar-refractivity contribution in [3.8, 4) is 16.9 Å². The largest absolute Gasteiger partial charge is 0.496 e. The summed E-state index contributed by atoms with van der Waals surface area (Å²) < 4.78 is 6.18. The highest BCUT2D eigenvalue weighted by Gasteiger charge is 2.13. The Kier molecular flexibility index (Phi) is 3.49.